The maximum atomic E-state index is 12.5. The molecule has 4 rings (SSSR count). The molecule has 2 N–H and O–H groups in total. The molecule has 0 aromatic heterocycles. The molecule has 2 fully saturated rings. The highest BCUT2D eigenvalue weighted by Crippen LogP contribution is 2.30. The van der Waals surface area contributed by atoms with Crippen LogP contribution in [-0.2, 0) is 20.8 Å². The van der Waals surface area contributed by atoms with Crippen LogP contribution < -0.4 is 15.5 Å². The van der Waals surface area contributed by atoms with Gasteiger partial charge >= 0.3 is 0 Å². The second-order valence-electron chi connectivity index (χ2n) is 8.17. The molecule has 0 radical (unpaired) electrons. The van der Waals surface area contributed by atoms with E-state index < -0.39 is 0 Å². The molecule has 30 heavy (non-hydrogen) atoms. The molecule has 1 aliphatic carbocycles. The molecule has 1 saturated heterocycles. The Hall–Kier alpha value is -3.15. The topological polar surface area (TPSA) is 78.5 Å². The summed E-state index contributed by atoms with van der Waals surface area (Å²) in [4.78, 5) is 37.9. The fourth-order valence-corrected chi connectivity index (χ4v) is 3.72. The molecule has 6 heteroatoms. The predicted molar refractivity (Wildman–Crippen MR) is 116 cm³/mol. The van der Waals surface area contributed by atoms with Gasteiger partial charge in [0.05, 0.1) is 12.5 Å². The van der Waals surface area contributed by atoms with Crippen molar-refractivity contribution >= 4 is 29.1 Å². The molecule has 0 spiro atoms. The van der Waals surface area contributed by atoms with E-state index in [-0.39, 0.29) is 36.1 Å². The van der Waals surface area contributed by atoms with Gasteiger partial charge in [-0.2, -0.15) is 0 Å². The van der Waals surface area contributed by atoms with Gasteiger partial charge in [0, 0.05) is 30.3 Å². The van der Waals surface area contributed by atoms with Crippen molar-refractivity contribution in [3.05, 3.63) is 59.7 Å². The molecule has 0 bridgehead atoms. The Balaban J connectivity index is 1.28. The summed E-state index contributed by atoms with van der Waals surface area (Å²) >= 11 is 0. The first-order valence-electron chi connectivity index (χ1n) is 10.6. The molecule has 1 aliphatic heterocycles. The van der Waals surface area contributed by atoms with Gasteiger partial charge in [-0.1, -0.05) is 24.3 Å². The quantitative estimate of drug-likeness (QED) is 0.739. The Morgan fingerprint density at radius 1 is 1.07 bits per heavy atom. The van der Waals surface area contributed by atoms with Gasteiger partial charge in [-0.15, -0.1) is 0 Å². The third kappa shape index (κ3) is 4.87. The van der Waals surface area contributed by atoms with Crippen molar-refractivity contribution in [1.29, 1.82) is 0 Å². The number of nitrogens with one attached hydrogen (secondary N) is 2. The Kier molecular flexibility index (Phi) is 5.84. The molecular weight excluding hydrogens is 378 g/mol. The highest BCUT2D eigenvalue weighted by molar-refractivity contribution is 5.95. The van der Waals surface area contributed by atoms with Crippen LogP contribution >= 0.6 is 0 Å². The second-order valence-corrected chi connectivity index (χ2v) is 8.17. The van der Waals surface area contributed by atoms with E-state index in [1.54, 1.807) is 4.90 Å². The van der Waals surface area contributed by atoms with Gasteiger partial charge in [0.2, 0.25) is 17.7 Å². The molecule has 1 unspecified atom stereocenters. The lowest BCUT2D eigenvalue weighted by molar-refractivity contribution is -0.121. The van der Waals surface area contributed by atoms with E-state index in [1.807, 2.05) is 55.5 Å². The molecule has 1 heterocycles. The molecule has 1 atom stereocenters. The van der Waals surface area contributed by atoms with Gasteiger partial charge in [-0.3, -0.25) is 14.4 Å². The van der Waals surface area contributed by atoms with Crippen LogP contribution in [0.25, 0.3) is 0 Å². The van der Waals surface area contributed by atoms with Gasteiger partial charge in [0.1, 0.15) is 0 Å². The first-order chi connectivity index (χ1) is 14.5. The highest BCUT2D eigenvalue weighted by atomic mass is 16.2. The molecule has 1 saturated carbocycles. The van der Waals surface area contributed by atoms with Crippen molar-refractivity contribution in [3.63, 3.8) is 0 Å². The molecule has 2 aromatic carbocycles. The van der Waals surface area contributed by atoms with Crippen LogP contribution in [0.5, 0.6) is 0 Å². The number of hydrogen-bond donors (Lipinski definition) is 2. The largest absolute Gasteiger partial charge is 0.349 e. The lowest BCUT2D eigenvalue weighted by Gasteiger charge is -2.17. The zero-order chi connectivity index (χ0) is 21.1. The van der Waals surface area contributed by atoms with E-state index in [9.17, 15) is 14.4 Å². The zero-order valence-electron chi connectivity index (χ0n) is 17.2. The minimum atomic E-state index is -0.132. The number of carbonyl (C=O) groups excluding carboxylic acids is 3. The van der Waals surface area contributed by atoms with Crippen molar-refractivity contribution < 1.29 is 14.4 Å². The van der Waals surface area contributed by atoms with Crippen LogP contribution in [-0.4, -0.2) is 24.3 Å². The van der Waals surface area contributed by atoms with E-state index in [1.165, 1.54) is 0 Å². The van der Waals surface area contributed by atoms with Gasteiger partial charge in [-0.05, 0) is 61.6 Å². The molecule has 3 amide bonds. The summed E-state index contributed by atoms with van der Waals surface area (Å²) in [7, 11) is 0. The Labute approximate surface area is 176 Å². The van der Waals surface area contributed by atoms with Crippen LogP contribution in [0, 0.1) is 5.92 Å². The van der Waals surface area contributed by atoms with Crippen LogP contribution in [0.1, 0.15) is 49.8 Å². The monoisotopic (exact) mass is 405 g/mol. The lowest BCUT2D eigenvalue weighted by atomic mass is 10.1. The molecule has 6 nitrogen and oxygen atoms in total. The average molecular weight is 405 g/mol. The van der Waals surface area contributed by atoms with Crippen LogP contribution in [0.15, 0.2) is 48.5 Å². The molecule has 2 aromatic rings. The van der Waals surface area contributed by atoms with Crippen LogP contribution in [0.2, 0.25) is 0 Å². The predicted octanol–water partition coefficient (Wildman–Crippen LogP) is 3.58. The maximum Gasteiger partial charge on any atom is 0.227 e. The summed E-state index contributed by atoms with van der Waals surface area (Å²) in [5, 5.41) is 5.94. The summed E-state index contributed by atoms with van der Waals surface area (Å²) in [6.07, 6.45) is 3.75. The number of carbonyl (C=O) groups is 3. The van der Waals surface area contributed by atoms with Crippen LogP contribution in [0.3, 0.4) is 0 Å². The smallest absolute Gasteiger partial charge is 0.227 e. The number of benzene rings is 2. The summed E-state index contributed by atoms with van der Waals surface area (Å²) < 4.78 is 0. The van der Waals surface area contributed by atoms with Gasteiger partial charge < -0.3 is 15.5 Å². The standard InChI is InChI=1S/C24H27N3O3/c1-16(18-8-10-20(11-9-18)26-24(30)19-6-7-19)25-22(28)15-17-4-12-21(13-5-17)27-14-2-3-23(27)29/h4-5,8-13,16,19H,2-3,6-7,14-15H2,1H3,(H,25,28)(H,26,30). The van der Waals surface area contributed by atoms with Crippen molar-refractivity contribution in [3.8, 4) is 0 Å². The van der Waals surface area contributed by atoms with Crippen LogP contribution in [0.4, 0.5) is 11.4 Å². The number of nitrogens with zero attached hydrogens (tertiary/aromatic N) is 1. The van der Waals surface area contributed by atoms with Crippen molar-refractivity contribution in [2.45, 2.75) is 45.1 Å². The van der Waals surface area contributed by atoms with Gasteiger partial charge in [-0.25, -0.2) is 0 Å². The Morgan fingerprint density at radius 3 is 2.37 bits per heavy atom. The third-order valence-corrected chi connectivity index (χ3v) is 5.69. The van der Waals surface area contributed by atoms with Crippen molar-refractivity contribution in [2.24, 2.45) is 5.92 Å². The summed E-state index contributed by atoms with van der Waals surface area (Å²) in [6.45, 7) is 2.71. The molecule has 156 valence electrons. The zero-order valence-corrected chi connectivity index (χ0v) is 17.2. The van der Waals surface area contributed by atoms with E-state index in [0.29, 0.717) is 6.42 Å². The minimum Gasteiger partial charge on any atom is -0.349 e. The SMILES string of the molecule is CC(NC(=O)Cc1ccc(N2CCCC2=O)cc1)c1ccc(NC(=O)C2CC2)cc1. The number of amides is 3. The Morgan fingerprint density at radius 2 is 1.77 bits per heavy atom. The molecular formula is C24H27N3O3. The summed E-state index contributed by atoms with van der Waals surface area (Å²) in [6, 6.07) is 15.1. The maximum absolute atomic E-state index is 12.5. The van der Waals surface area contributed by atoms with Gasteiger partial charge in [0.15, 0.2) is 0 Å². The Bertz CT molecular complexity index is 933. The number of rotatable bonds is 7. The summed E-state index contributed by atoms with van der Waals surface area (Å²) in [5.41, 5.74) is 3.57. The van der Waals surface area contributed by atoms with E-state index in [2.05, 4.69) is 10.6 Å². The fraction of sp³-hybridized carbons (Fsp3) is 0.375. The first kappa shape index (κ1) is 20.1. The minimum absolute atomic E-state index is 0.0568. The van der Waals surface area contributed by atoms with E-state index in [0.717, 1.165) is 48.3 Å². The third-order valence-electron chi connectivity index (χ3n) is 5.69. The van der Waals surface area contributed by atoms with E-state index >= 15 is 0 Å². The second kappa shape index (κ2) is 8.69. The fourth-order valence-electron chi connectivity index (χ4n) is 3.72. The van der Waals surface area contributed by atoms with E-state index in [4.69, 9.17) is 0 Å². The summed E-state index contributed by atoms with van der Waals surface area (Å²) in [5.74, 6) is 0.364. The lowest BCUT2D eigenvalue weighted by Crippen LogP contribution is -2.28. The molecule has 2 aliphatic rings. The van der Waals surface area contributed by atoms with Crippen molar-refractivity contribution in [1.82, 2.24) is 5.32 Å². The first-order valence-corrected chi connectivity index (χ1v) is 10.6. The highest BCUT2D eigenvalue weighted by Gasteiger charge is 2.29. The van der Waals surface area contributed by atoms with Gasteiger partial charge in [0.25, 0.3) is 0 Å². The average Bonchev–Trinajstić information content (AvgIpc) is 3.50. The normalized spacial score (nSPS) is 17.0. The number of hydrogen-bond acceptors (Lipinski definition) is 3. The number of anilines is 2. The van der Waals surface area contributed by atoms with Crippen molar-refractivity contribution in [2.75, 3.05) is 16.8 Å².